The Morgan fingerprint density at radius 3 is 2.21 bits per heavy atom. The summed E-state index contributed by atoms with van der Waals surface area (Å²) in [6.07, 6.45) is 2.85. The molecule has 0 spiro atoms. The second-order valence-corrected chi connectivity index (χ2v) is 5.68. The minimum absolute atomic E-state index is 0. The number of hydrogen-bond acceptors (Lipinski definition) is 3. The first-order valence-electron chi connectivity index (χ1n) is 6.72. The van der Waals surface area contributed by atoms with E-state index in [1.165, 1.54) is 0 Å². The van der Waals surface area contributed by atoms with Crippen LogP contribution in [0.2, 0.25) is 0 Å². The molecular weight excluding hydrogens is 266 g/mol. The van der Waals surface area contributed by atoms with Crippen molar-refractivity contribution >= 4 is 24.2 Å². The summed E-state index contributed by atoms with van der Waals surface area (Å²) >= 11 is 0. The van der Waals surface area contributed by atoms with E-state index in [9.17, 15) is 9.59 Å². The fourth-order valence-electron chi connectivity index (χ4n) is 2.49. The molecule has 2 amide bonds. The zero-order valence-electron chi connectivity index (χ0n) is 11.8. The number of rotatable bonds is 5. The quantitative estimate of drug-likeness (QED) is 0.788. The van der Waals surface area contributed by atoms with Gasteiger partial charge in [-0.1, -0.05) is 13.8 Å². The first-order chi connectivity index (χ1) is 8.40. The van der Waals surface area contributed by atoms with Crippen LogP contribution in [0.1, 0.15) is 39.5 Å². The van der Waals surface area contributed by atoms with Gasteiger partial charge in [-0.2, -0.15) is 0 Å². The van der Waals surface area contributed by atoms with E-state index < -0.39 is 6.04 Å². The van der Waals surface area contributed by atoms with Crippen LogP contribution in [0, 0.1) is 11.8 Å². The van der Waals surface area contributed by atoms with Crippen molar-refractivity contribution in [2.24, 2.45) is 23.3 Å². The second kappa shape index (κ2) is 8.38. The number of carbonyl (C=O) groups is 2. The fraction of sp³-hybridized carbons (Fsp3) is 0.846. The Labute approximate surface area is 121 Å². The van der Waals surface area contributed by atoms with Crippen molar-refractivity contribution in [1.82, 2.24) is 4.90 Å². The molecule has 0 aliphatic carbocycles. The molecule has 112 valence electrons. The molecule has 0 unspecified atom stereocenters. The monoisotopic (exact) mass is 291 g/mol. The smallest absolute Gasteiger partial charge is 0.239 e. The minimum atomic E-state index is -0.391. The SMILES string of the molecule is CC(C)C[C@H](N)C(=O)N1CCC(CC(N)=O)CC1.Cl. The van der Waals surface area contributed by atoms with Gasteiger partial charge < -0.3 is 16.4 Å². The summed E-state index contributed by atoms with van der Waals surface area (Å²) in [7, 11) is 0. The zero-order chi connectivity index (χ0) is 13.7. The lowest BCUT2D eigenvalue weighted by Gasteiger charge is -2.33. The highest BCUT2D eigenvalue weighted by atomic mass is 35.5. The molecule has 1 aliphatic heterocycles. The summed E-state index contributed by atoms with van der Waals surface area (Å²) in [6, 6.07) is -0.391. The molecule has 1 aliphatic rings. The number of nitrogens with two attached hydrogens (primary N) is 2. The first kappa shape index (κ1) is 18.2. The summed E-state index contributed by atoms with van der Waals surface area (Å²) in [5, 5.41) is 0. The molecule has 1 heterocycles. The van der Waals surface area contributed by atoms with Gasteiger partial charge in [0.1, 0.15) is 0 Å². The van der Waals surface area contributed by atoms with E-state index in [2.05, 4.69) is 13.8 Å². The Morgan fingerprint density at radius 1 is 1.26 bits per heavy atom. The first-order valence-corrected chi connectivity index (χ1v) is 6.72. The molecule has 19 heavy (non-hydrogen) atoms. The third kappa shape index (κ3) is 6.25. The van der Waals surface area contributed by atoms with Crippen molar-refractivity contribution in [3.8, 4) is 0 Å². The summed E-state index contributed by atoms with van der Waals surface area (Å²) < 4.78 is 0. The number of likely N-dealkylation sites (tertiary alicyclic amines) is 1. The summed E-state index contributed by atoms with van der Waals surface area (Å²) in [5.74, 6) is 0.543. The number of hydrogen-bond donors (Lipinski definition) is 2. The van der Waals surface area contributed by atoms with E-state index in [-0.39, 0.29) is 24.2 Å². The van der Waals surface area contributed by atoms with Crippen molar-refractivity contribution in [2.45, 2.75) is 45.6 Å². The number of piperidine rings is 1. The van der Waals surface area contributed by atoms with E-state index in [1.54, 1.807) is 0 Å². The van der Waals surface area contributed by atoms with Crippen molar-refractivity contribution in [1.29, 1.82) is 0 Å². The van der Waals surface area contributed by atoms with Crippen molar-refractivity contribution in [2.75, 3.05) is 13.1 Å². The topological polar surface area (TPSA) is 89.4 Å². The van der Waals surface area contributed by atoms with Crippen LogP contribution in [0.3, 0.4) is 0 Å². The zero-order valence-corrected chi connectivity index (χ0v) is 12.6. The summed E-state index contributed by atoms with van der Waals surface area (Å²) in [6.45, 7) is 5.52. The van der Waals surface area contributed by atoms with E-state index in [1.807, 2.05) is 4.90 Å². The van der Waals surface area contributed by atoms with E-state index in [0.717, 1.165) is 19.3 Å². The molecule has 0 saturated carbocycles. The molecule has 5 nitrogen and oxygen atoms in total. The van der Waals surface area contributed by atoms with Crippen LogP contribution in [0.4, 0.5) is 0 Å². The molecule has 0 aromatic carbocycles. The van der Waals surface area contributed by atoms with E-state index >= 15 is 0 Å². The molecule has 1 saturated heterocycles. The second-order valence-electron chi connectivity index (χ2n) is 5.68. The average Bonchev–Trinajstić information content (AvgIpc) is 2.27. The van der Waals surface area contributed by atoms with Gasteiger partial charge in [-0.15, -0.1) is 12.4 Å². The molecular formula is C13H26ClN3O2. The largest absolute Gasteiger partial charge is 0.370 e. The van der Waals surface area contributed by atoms with Crippen molar-refractivity contribution < 1.29 is 9.59 Å². The third-order valence-corrected chi connectivity index (χ3v) is 3.46. The van der Waals surface area contributed by atoms with Crippen LogP contribution in [-0.2, 0) is 9.59 Å². The molecule has 0 radical (unpaired) electrons. The fourth-order valence-corrected chi connectivity index (χ4v) is 2.49. The van der Waals surface area contributed by atoms with Crippen LogP contribution < -0.4 is 11.5 Å². The number of amides is 2. The Hall–Kier alpha value is -0.810. The Morgan fingerprint density at radius 2 is 1.79 bits per heavy atom. The predicted octanol–water partition coefficient (Wildman–Crippen LogP) is 0.896. The molecule has 0 aromatic rings. The average molecular weight is 292 g/mol. The number of primary amides is 1. The highest BCUT2D eigenvalue weighted by Crippen LogP contribution is 2.21. The van der Waals surface area contributed by atoms with E-state index in [0.29, 0.717) is 31.3 Å². The van der Waals surface area contributed by atoms with Crippen LogP contribution in [0.5, 0.6) is 0 Å². The molecule has 0 aromatic heterocycles. The molecule has 1 rings (SSSR count). The number of nitrogens with zero attached hydrogens (tertiary/aromatic N) is 1. The molecule has 6 heteroatoms. The predicted molar refractivity (Wildman–Crippen MR) is 77.8 cm³/mol. The molecule has 1 fully saturated rings. The Balaban J connectivity index is 0.00000324. The van der Waals surface area contributed by atoms with Crippen molar-refractivity contribution in [3.05, 3.63) is 0 Å². The minimum Gasteiger partial charge on any atom is -0.370 e. The van der Waals surface area contributed by atoms with Gasteiger partial charge in [0.05, 0.1) is 6.04 Å². The van der Waals surface area contributed by atoms with Crippen molar-refractivity contribution in [3.63, 3.8) is 0 Å². The Bertz CT molecular complexity index is 302. The lowest BCUT2D eigenvalue weighted by molar-refractivity contribution is -0.134. The molecule has 4 N–H and O–H groups in total. The van der Waals surface area contributed by atoms with Crippen LogP contribution in [-0.4, -0.2) is 35.8 Å². The van der Waals surface area contributed by atoms with Crippen LogP contribution in [0.15, 0.2) is 0 Å². The van der Waals surface area contributed by atoms with Crippen LogP contribution >= 0.6 is 12.4 Å². The van der Waals surface area contributed by atoms with Crippen LogP contribution in [0.25, 0.3) is 0 Å². The summed E-state index contributed by atoms with van der Waals surface area (Å²) in [5.41, 5.74) is 11.1. The van der Waals surface area contributed by atoms with Gasteiger partial charge >= 0.3 is 0 Å². The number of carbonyl (C=O) groups excluding carboxylic acids is 2. The number of halogens is 1. The maximum absolute atomic E-state index is 12.1. The standard InChI is InChI=1S/C13H25N3O2.ClH/c1-9(2)7-11(14)13(18)16-5-3-10(4-6-16)8-12(15)17;/h9-11H,3-8,14H2,1-2H3,(H2,15,17);1H/t11-;/m0./s1. The maximum atomic E-state index is 12.1. The van der Waals surface area contributed by atoms with Gasteiger partial charge in [0.15, 0.2) is 0 Å². The molecule has 0 bridgehead atoms. The Kier molecular flexibility index (Phi) is 8.02. The van der Waals surface area contributed by atoms with Gasteiger partial charge in [0.25, 0.3) is 0 Å². The normalized spacial score (nSPS) is 18.0. The van der Waals surface area contributed by atoms with Gasteiger partial charge in [0, 0.05) is 19.5 Å². The lowest BCUT2D eigenvalue weighted by Crippen LogP contribution is -2.47. The van der Waals surface area contributed by atoms with Gasteiger partial charge in [0.2, 0.25) is 11.8 Å². The van der Waals surface area contributed by atoms with Gasteiger partial charge in [-0.25, -0.2) is 0 Å². The highest BCUT2D eigenvalue weighted by molar-refractivity contribution is 5.85. The highest BCUT2D eigenvalue weighted by Gasteiger charge is 2.27. The summed E-state index contributed by atoms with van der Waals surface area (Å²) in [4.78, 5) is 24.7. The third-order valence-electron chi connectivity index (χ3n) is 3.46. The molecule has 1 atom stereocenters. The maximum Gasteiger partial charge on any atom is 0.239 e. The van der Waals surface area contributed by atoms with E-state index in [4.69, 9.17) is 11.5 Å². The lowest BCUT2D eigenvalue weighted by atomic mass is 9.92. The van der Waals surface area contributed by atoms with Gasteiger partial charge in [-0.3, -0.25) is 9.59 Å². The van der Waals surface area contributed by atoms with Gasteiger partial charge in [-0.05, 0) is 31.1 Å².